The van der Waals surface area contributed by atoms with Crippen LogP contribution in [-0.4, -0.2) is 31.4 Å². The summed E-state index contributed by atoms with van der Waals surface area (Å²) in [5.74, 6) is 2.56. The second-order valence-corrected chi connectivity index (χ2v) is 5.75. The highest BCUT2D eigenvalue weighted by atomic mass is 16.4. The molecule has 7 nitrogen and oxygen atoms in total. The van der Waals surface area contributed by atoms with E-state index in [1.54, 1.807) is 0 Å². The van der Waals surface area contributed by atoms with Crippen molar-refractivity contribution < 1.29 is 4.42 Å². The van der Waals surface area contributed by atoms with Gasteiger partial charge in [-0.3, -0.25) is 0 Å². The average Bonchev–Trinajstić information content (AvgIpc) is 3.04. The quantitative estimate of drug-likeness (QED) is 0.920. The largest absolute Gasteiger partial charge is 0.426 e. The predicted molar refractivity (Wildman–Crippen MR) is 76.8 cm³/mol. The maximum atomic E-state index is 5.45. The van der Waals surface area contributed by atoms with E-state index in [4.69, 9.17) is 4.42 Å². The molecule has 0 radical (unpaired) electrons. The minimum absolute atomic E-state index is 0.392. The molecule has 0 bridgehead atoms. The van der Waals surface area contributed by atoms with Gasteiger partial charge in [0.2, 0.25) is 17.7 Å². The molecule has 7 heteroatoms. The number of aromatic nitrogens is 5. The first-order valence-corrected chi connectivity index (χ1v) is 7.33. The lowest BCUT2D eigenvalue weighted by atomic mass is 10.0. The maximum Gasteiger partial charge on any atom is 0.243 e. The summed E-state index contributed by atoms with van der Waals surface area (Å²) in [7, 11) is 0. The van der Waals surface area contributed by atoms with Gasteiger partial charge in [-0.25, -0.2) is 4.98 Å². The number of hydrogen-bond acceptors (Lipinski definition) is 7. The van der Waals surface area contributed by atoms with Crippen molar-refractivity contribution in [2.75, 3.05) is 5.32 Å². The van der Waals surface area contributed by atoms with Gasteiger partial charge in [0.05, 0.1) is 11.4 Å². The Labute approximate surface area is 123 Å². The molecule has 112 valence electrons. The molecule has 0 aromatic carbocycles. The lowest BCUT2D eigenvalue weighted by Gasteiger charge is -2.12. The van der Waals surface area contributed by atoms with Crippen molar-refractivity contribution in [2.24, 2.45) is 5.92 Å². The molecule has 0 unspecified atom stereocenters. The molecule has 2 aromatic heterocycles. The van der Waals surface area contributed by atoms with E-state index in [2.05, 4.69) is 30.7 Å². The number of hydrogen-bond donors (Lipinski definition) is 1. The summed E-state index contributed by atoms with van der Waals surface area (Å²) >= 11 is 0. The van der Waals surface area contributed by atoms with Crippen molar-refractivity contribution in [3.63, 3.8) is 0 Å². The van der Waals surface area contributed by atoms with Crippen LogP contribution in [0.5, 0.6) is 0 Å². The molecule has 2 aromatic rings. The normalized spacial score (nSPS) is 21.7. The number of nitrogens with one attached hydrogen (secondary N) is 1. The molecule has 21 heavy (non-hydrogen) atoms. The third-order valence-corrected chi connectivity index (χ3v) is 4.00. The summed E-state index contributed by atoms with van der Waals surface area (Å²) in [6, 6.07) is 0.392. The molecule has 1 fully saturated rings. The zero-order valence-corrected chi connectivity index (χ0v) is 12.6. The molecule has 0 spiro atoms. The Balaban J connectivity index is 1.55. The van der Waals surface area contributed by atoms with Gasteiger partial charge in [-0.15, -0.1) is 15.3 Å². The van der Waals surface area contributed by atoms with Crippen LogP contribution in [0.15, 0.2) is 4.42 Å². The molecule has 1 N–H and O–H groups in total. The Bertz CT molecular complexity index is 626. The molecule has 2 atom stereocenters. The van der Waals surface area contributed by atoms with Crippen LogP contribution in [0, 0.1) is 26.7 Å². The summed E-state index contributed by atoms with van der Waals surface area (Å²) in [6.45, 7) is 5.68. The van der Waals surface area contributed by atoms with Crippen LogP contribution < -0.4 is 5.32 Å². The topological polar surface area (TPSA) is 89.6 Å². The van der Waals surface area contributed by atoms with E-state index < -0.39 is 0 Å². The highest BCUT2D eigenvalue weighted by molar-refractivity contribution is 5.26. The van der Waals surface area contributed by atoms with Crippen LogP contribution in [0.1, 0.15) is 42.4 Å². The van der Waals surface area contributed by atoms with Crippen molar-refractivity contribution in [3.8, 4) is 0 Å². The van der Waals surface area contributed by atoms with Crippen LogP contribution in [0.3, 0.4) is 0 Å². The van der Waals surface area contributed by atoms with Crippen LogP contribution in [0.25, 0.3) is 0 Å². The first-order chi connectivity index (χ1) is 10.1. The second-order valence-electron chi connectivity index (χ2n) is 5.75. The fourth-order valence-corrected chi connectivity index (χ4v) is 2.76. The van der Waals surface area contributed by atoms with E-state index in [-0.39, 0.29) is 0 Å². The van der Waals surface area contributed by atoms with E-state index in [1.165, 1.54) is 0 Å². The van der Waals surface area contributed by atoms with Crippen LogP contribution in [-0.2, 0) is 6.42 Å². The number of nitrogens with zero attached hydrogens (tertiary/aromatic N) is 5. The van der Waals surface area contributed by atoms with Gasteiger partial charge in [0.25, 0.3) is 0 Å². The lowest BCUT2D eigenvalue weighted by Crippen LogP contribution is -2.19. The van der Waals surface area contributed by atoms with Gasteiger partial charge in [0, 0.05) is 19.4 Å². The molecule has 1 saturated carbocycles. The summed E-state index contributed by atoms with van der Waals surface area (Å²) in [5, 5.41) is 19.5. The average molecular weight is 288 g/mol. The van der Waals surface area contributed by atoms with E-state index in [1.807, 2.05) is 20.8 Å². The molecule has 2 heterocycles. The van der Waals surface area contributed by atoms with Crippen molar-refractivity contribution >= 4 is 5.95 Å². The fraction of sp³-hybridized carbons (Fsp3) is 0.643. The van der Waals surface area contributed by atoms with Crippen LogP contribution >= 0.6 is 0 Å². The minimum atomic E-state index is 0.392. The Kier molecular flexibility index (Phi) is 3.81. The molecule has 0 saturated heterocycles. The van der Waals surface area contributed by atoms with Crippen molar-refractivity contribution in [1.29, 1.82) is 0 Å². The third-order valence-electron chi connectivity index (χ3n) is 4.00. The Morgan fingerprint density at radius 2 is 1.90 bits per heavy atom. The summed E-state index contributed by atoms with van der Waals surface area (Å²) in [4.78, 5) is 4.42. The molecular weight excluding hydrogens is 268 g/mol. The van der Waals surface area contributed by atoms with E-state index in [0.717, 1.165) is 43.0 Å². The zero-order valence-electron chi connectivity index (χ0n) is 12.6. The van der Waals surface area contributed by atoms with Gasteiger partial charge < -0.3 is 9.73 Å². The van der Waals surface area contributed by atoms with Crippen LogP contribution in [0.4, 0.5) is 5.95 Å². The third kappa shape index (κ3) is 3.34. The molecule has 0 aliphatic heterocycles. The predicted octanol–water partition coefficient (Wildman–Crippen LogP) is 2.00. The van der Waals surface area contributed by atoms with Gasteiger partial charge in [-0.1, -0.05) is 0 Å². The number of aryl methyl sites for hydroxylation is 3. The Morgan fingerprint density at radius 3 is 2.62 bits per heavy atom. The molecular formula is C14H20N6O. The van der Waals surface area contributed by atoms with E-state index in [0.29, 0.717) is 23.8 Å². The maximum absolute atomic E-state index is 5.45. The van der Waals surface area contributed by atoms with Gasteiger partial charge >= 0.3 is 0 Å². The van der Waals surface area contributed by atoms with Gasteiger partial charge in [0.1, 0.15) is 0 Å². The van der Waals surface area contributed by atoms with Gasteiger partial charge in [-0.05, 0) is 39.0 Å². The summed E-state index contributed by atoms with van der Waals surface area (Å²) in [5.41, 5.74) is 1.79. The first kappa shape index (κ1) is 13.9. The molecule has 3 rings (SSSR count). The van der Waals surface area contributed by atoms with E-state index >= 15 is 0 Å². The van der Waals surface area contributed by atoms with Gasteiger partial charge in [-0.2, -0.15) is 5.10 Å². The number of anilines is 1. The standard InChI is InChI=1S/C14H20N6O/c1-8-9(2)17-20-14(15-8)16-12-5-4-11(6-12)7-13-19-18-10(3)21-13/h11-12H,4-7H2,1-3H3,(H,15,16,20)/t11-,12+/m1/s1. The summed E-state index contributed by atoms with van der Waals surface area (Å²) < 4.78 is 5.45. The highest BCUT2D eigenvalue weighted by Gasteiger charge is 2.26. The zero-order chi connectivity index (χ0) is 14.8. The molecule has 1 aliphatic carbocycles. The minimum Gasteiger partial charge on any atom is -0.426 e. The second kappa shape index (κ2) is 5.75. The molecule has 0 amide bonds. The smallest absolute Gasteiger partial charge is 0.243 e. The van der Waals surface area contributed by atoms with Crippen molar-refractivity contribution in [1.82, 2.24) is 25.4 Å². The summed E-state index contributed by atoms with van der Waals surface area (Å²) in [6.07, 6.45) is 4.17. The highest BCUT2D eigenvalue weighted by Crippen LogP contribution is 2.29. The number of rotatable bonds is 4. The fourth-order valence-electron chi connectivity index (χ4n) is 2.76. The van der Waals surface area contributed by atoms with E-state index in [9.17, 15) is 0 Å². The SMILES string of the molecule is Cc1nnc(C[C@@H]2CC[C@H](Nc3nnc(C)c(C)n3)C2)o1. The van der Waals surface area contributed by atoms with Crippen LogP contribution in [0.2, 0.25) is 0 Å². The lowest BCUT2D eigenvalue weighted by molar-refractivity contribution is 0.416. The first-order valence-electron chi connectivity index (χ1n) is 7.33. The van der Waals surface area contributed by atoms with Gasteiger partial charge in [0.15, 0.2) is 0 Å². The Hall–Kier alpha value is -2.05. The van der Waals surface area contributed by atoms with Crippen molar-refractivity contribution in [3.05, 3.63) is 23.2 Å². The monoisotopic (exact) mass is 288 g/mol. The molecule has 1 aliphatic rings. The Morgan fingerprint density at radius 1 is 1.05 bits per heavy atom. The van der Waals surface area contributed by atoms with Crippen molar-refractivity contribution in [2.45, 2.75) is 52.5 Å².